The van der Waals surface area contributed by atoms with Gasteiger partial charge in [0, 0.05) is 31.0 Å². The molecule has 0 saturated carbocycles. The molecule has 0 radical (unpaired) electrons. The van der Waals surface area contributed by atoms with Crippen LogP contribution in [-0.4, -0.2) is 36.9 Å². The van der Waals surface area contributed by atoms with Crippen molar-refractivity contribution in [1.82, 2.24) is 10.2 Å². The molecule has 22 heavy (non-hydrogen) atoms. The summed E-state index contributed by atoms with van der Waals surface area (Å²) in [6.45, 7) is 7.16. The molecule has 0 aliphatic carbocycles. The summed E-state index contributed by atoms with van der Waals surface area (Å²) in [6.07, 6.45) is 0.365. The molecule has 0 atom stereocenters. The van der Waals surface area contributed by atoms with Gasteiger partial charge in [0.1, 0.15) is 0 Å². The van der Waals surface area contributed by atoms with Crippen LogP contribution in [0.4, 0.5) is 0 Å². The minimum Gasteiger partial charge on any atom is -0.370 e. The van der Waals surface area contributed by atoms with Gasteiger partial charge in [-0.3, -0.25) is 4.79 Å². The first kappa shape index (κ1) is 18.2. The lowest BCUT2D eigenvalue weighted by atomic mass is 10.2. The topological polar surface area (TPSA) is 70.7 Å². The number of aliphatic imine (C=N–C) groups is 1. The molecule has 120 valence electrons. The van der Waals surface area contributed by atoms with Gasteiger partial charge in [0.05, 0.1) is 6.54 Å². The molecule has 6 heteroatoms. The molecule has 3 N–H and O–H groups in total. The Morgan fingerprint density at radius 2 is 2.14 bits per heavy atom. The van der Waals surface area contributed by atoms with Gasteiger partial charge in [-0.05, 0) is 18.6 Å². The first-order valence-corrected chi connectivity index (χ1v) is 7.85. The molecular weight excluding hydrogens is 344 g/mol. The van der Waals surface area contributed by atoms with Crippen molar-refractivity contribution < 1.29 is 4.79 Å². The number of nitrogens with two attached hydrogens (primary N) is 1. The van der Waals surface area contributed by atoms with E-state index in [0.29, 0.717) is 32.0 Å². The van der Waals surface area contributed by atoms with Gasteiger partial charge in [0.2, 0.25) is 5.91 Å². The van der Waals surface area contributed by atoms with Gasteiger partial charge >= 0.3 is 0 Å². The molecule has 1 rings (SSSR count). The molecule has 0 unspecified atom stereocenters. The highest BCUT2D eigenvalue weighted by Crippen LogP contribution is 2.17. The van der Waals surface area contributed by atoms with Gasteiger partial charge in [-0.15, -0.1) is 0 Å². The summed E-state index contributed by atoms with van der Waals surface area (Å²) in [5.41, 5.74) is 7.71. The highest BCUT2D eigenvalue weighted by atomic mass is 79.9. The van der Waals surface area contributed by atoms with Gasteiger partial charge in [-0.2, -0.15) is 0 Å². The molecule has 5 nitrogen and oxygen atoms in total. The van der Waals surface area contributed by atoms with Crippen molar-refractivity contribution in [3.63, 3.8) is 0 Å². The maximum Gasteiger partial charge on any atom is 0.224 e. The Morgan fingerprint density at radius 3 is 2.77 bits per heavy atom. The second kappa shape index (κ2) is 9.25. The van der Waals surface area contributed by atoms with Crippen LogP contribution in [0.1, 0.15) is 18.9 Å². The van der Waals surface area contributed by atoms with E-state index in [1.807, 2.05) is 31.2 Å². The zero-order valence-corrected chi connectivity index (χ0v) is 14.7. The summed E-state index contributed by atoms with van der Waals surface area (Å²) < 4.78 is 1.00. The van der Waals surface area contributed by atoms with Crippen molar-refractivity contribution in [2.45, 2.75) is 19.9 Å². The molecule has 0 aromatic heterocycles. The summed E-state index contributed by atoms with van der Waals surface area (Å²) in [5.74, 6) is 0.389. The van der Waals surface area contributed by atoms with E-state index >= 15 is 0 Å². The number of halogens is 1. The molecule has 0 bridgehead atoms. The third-order valence-corrected chi connectivity index (χ3v) is 3.73. The smallest absolute Gasteiger partial charge is 0.224 e. The van der Waals surface area contributed by atoms with Crippen molar-refractivity contribution >= 4 is 27.8 Å². The first-order valence-electron chi connectivity index (χ1n) is 7.05. The fraction of sp³-hybridized carbons (Fsp3) is 0.375. The second-order valence-electron chi connectivity index (χ2n) is 5.18. The van der Waals surface area contributed by atoms with Crippen LogP contribution >= 0.6 is 15.9 Å². The SMILES string of the molecule is C=C(C)CN=C(N)NCCC(=O)N(C)Cc1ccccc1Br. The number of carbonyl (C=O) groups excluding carboxylic acids is 1. The number of rotatable bonds is 7. The number of carbonyl (C=O) groups is 1. The van der Waals surface area contributed by atoms with E-state index in [1.165, 1.54) is 0 Å². The highest BCUT2D eigenvalue weighted by Gasteiger charge is 2.10. The van der Waals surface area contributed by atoms with Gasteiger partial charge < -0.3 is 16.0 Å². The number of nitrogens with zero attached hydrogens (tertiary/aromatic N) is 2. The molecule has 0 aliphatic heterocycles. The average molecular weight is 367 g/mol. The summed E-state index contributed by atoms with van der Waals surface area (Å²) >= 11 is 3.48. The molecule has 1 amide bonds. The molecule has 0 spiro atoms. The standard InChI is InChI=1S/C16H23BrN4O/c1-12(2)10-20-16(18)19-9-8-15(22)21(3)11-13-6-4-5-7-14(13)17/h4-7H,1,8-11H2,2-3H3,(H3,18,19,20). The Hall–Kier alpha value is -1.82. The lowest BCUT2D eigenvalue weighted by Crippen LogP contribution is -2.36. The largest absolute Gasteiger partial charge is 0.370 e. The van der Waals surface area contributed by atoms with Crippen molar-refractivity contribution in [2.24, 2.45) is 10.7 Å². The average Bonchev–Trinajstić information content (AvgIpc) is 2.47. The molecule has 0 saturated heterocycles. The molecule has 1 aromatic rings. The monoisotopic (exact) mass is 366 g/mol. The van der Waals surface area contributed by atoms with Crippen molar-refractivity contribution in [3.8, 4) is 0 Å². The number of benzene rings is 1. The van der Waals surface area contributed by atoms with Crippen LogP contribution in [0.15, 0.2) is 45.9 Å². The summed E-state index contributed by atoms with van der Waals surface area (Å²) in [4.78, 5) is 17.9. The third kappa shape index (κ3) is 6.76. The Morgan fingerprint density at radius 1 is 1.45 bits per heavy atom. The van der Waals surface area contributed by atoms with E-state index in [1.54, 1.807) is 11.9 Å². The number of hydrogen-bond donors (Lipinski definition) is 2. The third-order valence-electron chi connectivity index (χ3n) is 2.96. The van der Waals surface area contributed by atoms with E-state index in [9.17, 15) is 4.79 Å². The van der Waals surface area contributed by atoms with E-state index in [-0.39, 0.29) is 5.91 Å². The number of hydrogen-bond acceptors (Lipinski definition) is 2. The van der Waals surface area contributed by atoms with Gasteiger partial charge in [0.25, 0.3) is 0 Å². The molecule has 1 aromatic carbocycles. The Labute approximate surface area is 140 Å². The first-order chi connectivity index (χ1) is 10.4. The lowest BCUT2D eigenvalue weighted by molar-refractivity contribution is -0.130. The van der Waals surface area contributed by atoms with Crippen molar-refractivity contribution in [2.75, 3.05) is 20.1 Å². The minimum absolute atomic E-state index is 0.0518. The van der Waals surface area contributed by atoms with Crippen LogP contribution in [0.2, 0.25) is 0 Å². The molecule has 0 heterocycles. The minimum atomic E-state index is 0.0518. The zero-order valence-electron chi connectivity index (χ0n) is 13.1. The Kier molecular flexibility index (Phi) is 7.66. The second-order valence-corrected chi connectivity index (χ2v) is 6.03. The Balaban J connectivity index is 2.37. The number of guanidine groups is 1. The van der Waals surface area contributed by atoms with Crippen molar-refractivity contribution in [1.29, 1.82) is 0 Å². The number of amides is 1. The van der Waals surface area contributed by atoms with Gasteiger partial charge in [0.15, 0.2) is 5.96 Å². The Bertz CT molecular complexity index is 557. The predicted octanol–water partition coefficient (Wildman–Crippen LogP) is 2.28. The van der Waals surface area contributed by atoms with Crippen LogP contribution in [0, 0.1) is 0 Å². The van der Waals surface area contributed by atoms with E-state index in [0.717, 1.165) is 15.6 Å². The maximum atomic E-state index is 12.1. The van der Waals surface area contributed by atoms with Gasteiger partial charge in [-0.25, -0.2) is 4.99 Å². The van der Waals surface area contributed by atoms with E-state index < -0.39 is 0 Å². The predicted molar refractivity (Wildman–Crippen MR) is 94.5 cm³/mol. The molecule has 0 fully saturated rings. The molecular formula is C16H23BrN4O. The summed E-state index contributed by atoms with van der Waals surface area (Å²) in [7, 11) is 1.79. The number of nitrogens with one attached hydrogen (secondary N) is 1. The van der Waals surface area contributed by atoms with Crippen LogP contribution in [-0.2, 0) is 11.3 Å². The quantitative estimate of drug-likeness (QED) is 0.441. The van der Waals surface area contributed by atoms with E-state index in [2.05, 4.69) is 32.8 Å². The van der Waals surface area contributed by atoms with E-state index in [4.69, 9.17) is 5.73 Å². The maximum absolute atomic E-state index is 12.1. The van der Waals surface area contributed by atoms with Crippen molar-refractivity contribution in [3.05, 3.63) is 46.5 Å². The fourth-order valence-corrected chi connectivity index (χ4v) is 2.14. The highest BCUT2D eigenvalue weighted by molar-refractivity contribution is 9.10. The fourth-order valence-electron chi connectivity index (χ4n) is 1.73. The van der Waals surface area contributed by atoms with Crippen LogP contribution < -0.4 is 11.1 Å². The van der Waals surface area contributed by atoms with Crippen LogP contribution in [0.5, 0.6) is 0 Å². The zero-order chi connectivity index (χ0) is 16.5. The van der Waals surface area contributed by atoms with Crippen LogP contribution in [0.3, 0.4) is 0 Å². The summed E-state index contributed by atoms with van der Waals surface area (Å²) in [6, 6.07) is 7.87. The molecule has 0 aliphatic rings. The summed E-state index contributed by atoms with van der Waals surface area (Å²) in [5, 5.41) is 2.93. The van der Waals surface area contributed by atoms with Gasteiger partial charge in [-0.1, -0.05) is 46.3 Å². The normalized spacial score (nSPS) is 11.1. The lowest BCUT2D eigenvalue weighted by Gasteiger charge is -2.18. The van der Waals surface area contributed by atoms with Crippen LogP contribution in [0.25, 0.3) is 0 Å².